The summed E-state index contributed by atoms with van der Waals surface area (Å²) in [5, 5.41) is 8.76. The Balaban J connectivity index is 2.11. The second kappa shape index (κ2) is 6.06. The average molecular weight is 284 g/mol. The van der Waals surface area contributed by atoms with Crippen molar-refractivity contribution < 1.29 is 13.9 Å². The lowest BCUT2D eigenvalue weighted by Gasteiger charge is -2.07. The lowest BCUT2D eigenvalue weighted by molar-refractivity contribution is 0.0472. The Morgan fingerprint density at radius 3 is 2.71 bits per heavy atom. The highest BCUT2D eigenvalue weighted by Gasteiger charge is 2.09. The number of nitrogens with zero attached hydrogens (tertiary/aromatic N) is 1. The van der Waals surface area contributed by atoms with E-state index in [4.69, 9.17) is 15.7 Å². The van der Waals surface area contributed by atoms with Crippen LogP contribution in [0.1, 0.15) is 27.0 Å². The van der Waals surface area contributed by atoms with Gasteiger partial charge in [0.1, 0.15) is 12.4 Å². The van der Waals surface area contributed by atoms with Crippen LogP contribution < -0.4 is 5.73 Å². The Labute approximate surface area is 121 Å². The number of hydrogen-bond donors (Lipinski definition) is 1. The van der Waals surface area contributed by atoms with E-state index in [1.807, 2.05) is 13.0 Å². The lowest BCUT2D eigenvalue weighted by Crippen LogP contribution is -2.06. The van der Waals surface area contributed by atoms with Crippen molar-refractivity contribution in [3.05, 3.63) is 64.5 Å². The van der Waals surface area contributed by atoms with Crippen LogP contribution in [0.15, 0.2) is 36.4 Å². The normalized spacial score (nSPS) is 9.95. The van der Waals surface area contributed by atoms with Crippen molar-refractivity contribution in [2.45, 2.75) is 13.5 Å². The van der Waals surface area contributed by atoms with E-state index in [0.29, 0.717) is 16.8 Å². The zero-order valence-corrected chi connectivity index (χ0v) is 11.4. The van der Waals surface area contributed by atoms with E-state index in [-0.39, 0.29) is 12.2 Å². The summed E-state index contributed by atoms with van der Waals surface area (Å²) >= 11 is 0. The van der Waals surface area contributed by atoms with E-state index >= 15 is 0 Å². The molecule has 0 unspecified atom stereocenters. The van der Waals surface area contributed by atoms with Crippen LogP contribution in [0.25, 0.3) is 0 Å². The van der Waals surface area contributed by atoms with Gasteiger partial charge < -0.3 is 10.5 Å². The molecule has 0 spiro atoms. The maximum atomic E-state index is 13.3. The number of nitrogen functional groups attached to an aromatic ring is 1. The first-order chi connectivity index (χ1) is 9.97. The third kappa shape index (κ3) is 3.80. The summed E-state index contributed by atoms with van der Waals surface area (Å²) in [5.41, 5.74) is 7.92. The molecule has 0 heterocycles. The van der Waals surface area contributed by atoms with Crippen LogP contribution in [-0.4, -0.2) is 5.97 Å². The van der Waals surface area contributed by atoms with Gasteiger partial charge in [-0.3, -0.25) is 0 Å². The lowest BCUT2D eigenvalue weighted by atomic mass is 10.1. The maximum Gasteiger partial charge on any atom is 0.338 e. The van der Waals surface area contributed by atoms with Gasteiger partial charge in [-0.15, -0.1) is 0 Å². The molecule has 2 aromatic rings. The Morgan fingerprint density at radius 2 is 2.05 bits per heavy atom. The molecule has 0 fully saturated rings. The molecule has 106 valence electrons. The molecule has 0 atom stereocenters. The molecular weight excluding hydrogens is 271 g/mol. The minimum atomic E-state index is -0.548. The molecule has 4 nitrogen and oxygen atoms in total. The molecular formula is C16H13FN2O2. The minimum Gasteiger partial charge on any atom is -0.457 e. The molecule has 21 heavy (non-hydrogen) atoms. The van der Waals surface area contributed by atoms with Gasteiger partial charge in [-0.2, -0.15) is 5.26 Å². The molecule has 0 aliphatic carbocycles. The number of nitriles is 1. The molecule has 0 saturated carbocycles. The number of aryl methyl sites for hydroxylation is 1. The number of halogens is 1. The zero-order valence-electron chi connectivity index (χ0n) is 11.4. The number of nitrogens with two attached hydrogens (primary N) is 1. The molecule has 0 aliphatic rings. The molecule has 5 heteroatoms. The van der Waals surface area contributed by atoms with Gasteiger partial charge in [0.05, 0.1) is 17.2 Å². The van der Waals surface area contributed by atoms with Gasteiger partial charge >= 0.3 is 5.97 Å². The summed E-state index contributed by atoms with van der Waals surface area (Å²) in [5.74, 6) is -1.09. The summed E-state index contributed by atoms with van der Waals surface area (Å²) in [6.07, 6.45) is 0. The van der Waals surface area contributed by atoms with Crippen LogP contribution in [0.5, 0.6) is 0 Å². The molecule has 0 aromatic heterocycles. The van der Waals surface area contributed by atoms with Gasteiger partial charge in [-0.05, 0) is 54.4 Å². The smallest absolute Gasteiger partial charge is 0.338 e. The fourth-order valence-electron chi connectivity index (χ4n) is 1.96. The van der Waals surface area contributed by atoms with E-state index in [1.54, 1.807) is 12.1 Å². The van der Waals surface area contributed by atoms with E-state index < -0.39 is 11.8 Å². The summed E-state index contributed by atoms with van der Waals surface area (Å²) in [4.78, 5) is 11.9. The number of esters is 1. The first-order valence-electron chi connectivity index (χ1n) is 6.22. The van der Waals surface area contributed by atoms with Gasteiger partial charge in [-0.25, -0.2) is 9.18 Å². The summed E-state index contributed by atoms with van der Waals surface area (Å²) in [6.45, 7) is 1.71. The van der Waals surface area contributed by atoms with Crippen LogP contribution in [0.4, 0.5) is 10.1 Å². The number of rotatable bonds is 3. The molecule has 2 rings (SSSR count). The van der Waals surface area contributed by atoms with Crippen molar-refractivity contribution in [3.8, 4) is 6.07 Å². The molecule has 0 amide bonds. The number of hydrogen-bond acceptors (Lipinski definition) is 4. The number of benzene rings is 2. The highest BCUT2D eigenvalue weighted by atomic mass is 19.1. The van der Waals surface area contributed by atoms with Crippen LogP contribution in [0.2, 0.25) is 0 Å². The third-order valence-corrected chi connectivity index (χ3v) is 2.79. The molecule has 0 saturated heterocycles. The highest BCUT2D eigenvalue weighted by Crippen LogP contribution is 2.14. The monoisotopic (exact) mass is 284 g/mol. The standard InChI is InChI=1S/C16H13FN2O2/c1-10-2-13(7-15(19)3-10)16(20)21-9-12-4-11(8-18)5-14(17)6-12/h2-7H,9,19H2,1H3. The number of carbonyl (C=O) groups is 1. The second-order valence-electron chi connectivity index (χ2n) is 4.67. The van der Waals surface area contributed by atoms with Crippen LogP contribution in [0.3, 0.4) is 0 Å². The first-order valence-corrected chi connectivity index (χ1v) is 6.22. The van der Waals surface area contributed by atoms with E-state index in [1.165, 1.54) is 18.2 Å². The van der Waals surface area contributed by atoms with Crippen LogP contribution in [-0.2, 0) is 11.3 Å². The van der Waals surface area contributed by atoms with Crippen molar-refractivity contribution in [2.75, 3.05) is 5.73 Å². The second-order valence-corrected chi connectivity index (χ2v) is 4.67. The molecule has 0 radical (unpaired) electrons. The number of anilines is 1. The van der Waals surface area contributed by atoms with Crippen LogP contribution >= 0.6 is 0 Å². The summed E-state index contributed by atoms with van der Waals surface area (Å²) in [7, 11) is 0. The Hall–Kier alpha value is -2.87. The predicted molar refractivity (Wildman–Crippen MR) is 75.8 cm³/mol. The first kappa shape index (κ1) is 14.5. The van der Waals surface area contributed by atoms with Gasteiger partial charge in [0.25, 0.3) is 0 Å². The fraction of sp³-hybridized carbons (Fsp3) is 0.125. The number of carbonyl (C=O) groups excluding carboxylic acids is 1. The van der Waals surface area contributed by atoms with Crippen molar-refractivity contribution in [2.24, 2.45) is 0 Å². The topological polar surface area (TPSA) is 76.1 Å². The fourth-order valence-corrected chi connectivity index (χ4v) is 1.96. The SMILES string of the molecule is Cc1cc(N)cc(C(=O)OCc2cc(F)cc(C#N)c2)c1. The van der Waals surface area contributed by atoms with E-state index in [2.05, 4.69) is 0 Å². The van der Waals surface area contributed by atoms with Gasteiger partial charge in [-0.1, -0.05) is 0 Å². The van der Waals surface area contributed by atoms with Crippen molar-refractivity contribution in [1.29, 1.82) is 5.26 Å². The van der Waals surface area contributed by atoms with Gasteiger partial charge in [0, 0.05) is 5.69 Å². The molecule has 0 aliphatic heterocycles. The molecule has 0 bridgehead atoms. The summed E-state index contributed by atoms with van der Waals surface area (Å²) < 4.78 is 18.4. The van der Waals surface area contributed by atoms with Gasteiger partial charge in [0.2, 0.25) is 0 Å². The van der Waals surface area contributed by atoms with E-state index in [0.717, 1.165) is 11.6 Å². The average Bonchev–Trinajstić information content (AvgIpc) is 2.43. The molecule has 2 aromatic carbocycles. The number of ether oxygens (including phenoxy) is 1. The quantitative estimate of drug-likeness (QED) is 0.694. The van der Waals surface area contributed by atoms with Crippen molar-refractivity contribution in [3.63, 3.8) is 0 Å². The Morgan fingerprint density at radius 1 is 1.29 bits per heavy atom. The Kier molecular flexibility index (Phi) is 4.19. The van der Waals surface area contributed by atoms with E-state index in [9.17, 15) is 9.18 Å². The maximum absolute atomic E-state index is 13.3. The van der Waals surface area contributed by atoms with Crippen LogP contribution in [0, 0.1) is 24.1 Å². The minimum absolute atomic E-state index is 0.112. The zero-order chi connectivity index (χ0) is 15.4. The van der Waals surface area contributed by atoms with Gasteiger partial charge in [0.15, 0.2) is 0 Å². The summed E-state index contributed by atoms with van der Waals surface area (Å²) in [6, 6.07) is 10.6. The van der Waals surface area contributed by atoms with Crippen molar-refractivity contribution in [1.82, 2.24) is 0 Å². The molecule has 2 N–H and O–H groups in total. The van der Waals surface area contributed by atoms with Crippen molar-refractivity contribution >= 4 is 11.7 Å². The predicted octanol–water partition coefficient (Wildman–Crippen LogP) is 2.95. The largest absolute Gasteiger partial charge is 0.457 e. The Bertz CT molecular complexity index is 715. The third-order valence-electron chi connectivity index (χ3n) is 2.79. The highest BCUT2D eigenvalue weighted by molar-refractivity contribution is 5.90.